The van der Waals surface area contributed by atoms with Gasteiger partial charge in [-0.2, -0.15) is 0 Å². The third-order valence-corrected chi connectivity index (χ3v) is 3.16. The van der Waals surface area contributed by atoms with Crippen molar-refractivity contribution < 1.29 is 5.11 Å². The third-order valence-electron chi connectivity index (χ3n) is 3.16. The van der Waals surface area contributed by atoms with Gasteiger partial charge in [0.25, 0.3) is 0 Å². The second-order valence-corrected chi connectivity index (χ2v) is 4.82. The maximum Gasteiger partial charge on any atom is 0.0464 e. The molecule has 1 unspecified atom stereocenters. The summed E-state index contributed by atoms with van der Waals surface area (Å²) in [4.78, 5) is 0. The predicted octanol–water partition coefficient (Wildman–Crippen LogP) is 3.11. The monoisotopic (exact) mass is 206 g/mol. The van der Waals surface area contributed by atoms with E-state index in [0.29, 0.717) is 11.8 Å². The van der Waals surface area contributed by atoms with Gasteiger partial charge < -0.3 is 5.11 Å². The summed E-state index contributed by atoms with van der Waals surface area (Å²) >= 11 is 0. The summed E-state index contributed by atoms with van der Waals surface area (Å²) in [6.07, 6.45) is 0.988. The van der Waals surface area contributed by atoms with E-state index in [-0.39, 0.29) is 6.61 Å². The molecule has 1 rings (SSSR count). The first-order valence-electron chi connectivity index (χ1n) is 5.71. The van der Waals surface area contributed by atoms with Crippen LogP contribution in [-0.2, 0) is 6.42 Å². The minimum Gasteiger partial charge on any atom is -0.396 e. The Balaban J connectivity index is 2.82. The van der Waals surface area contributed by atoms with E-state index in [9.17, 15) is 5.11 Å². The summed E-state index contributed by atoms with van der Waals surface area (Å²) in [6, 6.07) is 6.54. The Morgan fingerprint density at radius 2 is 1.87 bits per heavy atom. The molecule has 0 saturated carbocycles. The molecular formula is C14H22O. The van der Waals surface area contributed by atoms with E-state index in [1.54, 1.807) is 0 Å². The van der Waals surface area contributed by atoms with E-state index in [1.165, 1.54) is 16.7 Å². The lowest BCUT2D eigenvalue weighted by atomic mass is 9.88. The molecule has 0 saturated heterocycles. The Kier molecular flexibility index (Phi) is 4.34. The molecule has 0 heterocycles. The smallest absolute Gasteiger partial charge is 0.0464 e. The highest BCUT2D eigenvalue weighted by atomic mass is 16.3. The van der Waals surface area contributed by atoms with E-state index >= 15 is 0 Å². The topological polar surface area (TPSA) is 20.2 Å². The molecule has 0 spiro atoms. The molecule has 1 nitrogen and oxygen atoms in total. The highest BCUT2D eigenvalue weighted by Crippen LogP contribution is 2.20. The highest BCUT2D eigenvalue weighted by Gasteiger charge is 2.13. The molecule has 0 amide bonds. The van der Waals surface area contributed by atoms with Crippen molar-refractivity contribution in [3.63, 3.8) is 0 Å². The van der Waals surface area contributed by atoms with Crippen molar-refractivity contribution in [1.82, 2.24) is 0 Å². The van der Waals surface area contributed by atoms with Gasteiger partial charge in [0, 0.05) is 6.61 Å². The van der Waals surface area contributed by atoms with Crippen LogP contribution in [-0.4, -0.2) is 11.7 Å². The van der Waals surface area contributed by atoms with Crippen molar-refractivity contribution >= 4 is 0 Å². The van der Waals surface area contributed by atoms with Gasteiger partial charge in [0.1, 0.15) is 0 Å². The second kappa shape index (κ2) is 5.32. The first kappa shape index (κ1) is 12.3. The van der Waals surface area contributed by atoms with Crippen molar-refractivity contribution in [3.05, 3.63) is 34.9 Å². The van der Waals surface area contributed by atoms with Crippen molar-refractivity contribution in [2.24, 2.45) is 11.8 Å². The highest BCUT2D eigenvalue weighted by molar-refractivity contribution is 5.30. The van der Waals surface area contributed by atoms with Crippen molar-refractivity contribution in [2.45, 2.75) is 34.1 Å². The standard InChI is InChI=1S/C14H22O/c1-10(2)14(9-15)8-13-7-11(3)5-6-12(13)4/h5-7,10,14-15H,8-9H2,1-4H3. The minimum atomic E-state index is 0.283. The number of benzene rings is 1. The first-order valence-corrected chi connectivity index (χ1v) is 5.71. The van der Waals surface area contributed by atoms with Crippen LogP contribution >= 0.6 is 0 Å². The lowest BCUT2D eigenvalue weighted by Crippen LogP contribution is -2.16. The maximum atomic E-state index is 9.32. The van der Waals surface area contributed by atoms with Crippen LogP contribution in [0, 0.1) is 25.7 Å². The molecule has 0 bridgehead atoms. The van der Waals surface area contributed by atoms with E-state index < -0.39 is 0 Å². The van der Waals surface area contributed by atoms with Gasteiger partial charge in [-0.05, 0) is 43.2 Å². The SMILES string of the molecule is Cc1ccc(C)c(CC(CO)C(C)C)c1. The quantitative estimate of drug-likeness (QED) is 0.802. The molecular weight excluding hydrogens is 184 g/mol. The maximum absolute atomic E-state index is 9.32. The van der Waals surface area contributed by atoms with Crippen molar-refractivity contribution in [1.29, 1.82) is 0 Å². The largest absolute Gasteiger partial charge is 0.396 e. The normalized spacial score (nSPS) is 13.2. The zero-order valence-corrected chi connectivity index (χ0v) is 10.2. The molecule has 0 aromatic heterocycles. The van der Waals surface area contributed by atoms with Crippen LogP contribution in [0.15, 0.2) is 18.2 Å². The van der Waals surface area contributed by atoms with E-state index in [2.05, 4.69) is 45.9 Å². The van der Waals surface area contributed by atoms with Gasteiger partial charge in [0.05, 0.1) is 0 Å². The van der Waals surface area contributed by atoms with Gasteiger partial charge in [-0.15, -0.1) is 0 Å². The van der Waals surface area contributed by atoms with E-state index in [4.69, 9.17) is 0 Å². The summed E-state index contributed by atoms with van der Waals surface area (Å²) in [6.45, 7) is 8.89. The molecule has 1 atom stereocenters. The zero-order chi connectivity index (χ0) is 11.4. The summed E-state index contributed by atoms with van der Waals surface area (Å²) < 4.78 is 0. The first-order chi connectivity index (χ1) is 7.04. The summed E-state index contributed by atoms with van der Waals surface area (Å²) in [7, 11) is 0. The van der Waals surface area contributed by atoms with Gasteiger partial charge in [0.15, 0.2) is 0 Å². The number of hydrogen-bond donors (Lipinski definition) is 1. The summed E-state index contributed by atoms with van der Waals surface area (Å²) in [5, 5.41) is 9.32. The minimum absolute atomic E-state index is 0.283. The molecule has 84 valence electrons. The van der Waals surface area contributed by atoms with Crippen LogP contribution in [0.4, 0.5) is 0 Å². The lowest BCUT2D eigenvalue weighted by Gasteiger charge is -2.19. The number of aryl methyl sites for hydroxylation is 2. The fraction of sp³-hybridized carbons (Fsp3) is 0.571. The van der Waals surface area contributed by atoms with Crippen LogP contribution in [0.1, 0.15) is 30.5 Å². The van der Waals surface area contributed by atoms with Crippen LogP contribution in [0.5, 0.6) is 0 Å². The van der Waals surface area contributed by atoms with Gasteiger partial charge in [-0.3, -0.25) is 0 Å². The zero-order valence-electron chi connectivity index (χ0n) is 10.2. The van der Waals surface area contributed by atoms with Gasteiger partial charge in [0.2, 0.25) is 0 Å². The Bertz CT molecular complexity index is 315. The summed E-state index contributed by atoms with van der Waals surface area (Å²) in [5.74, 6) is 0.917. The van der Waals surface area contributed by atoms with Crippen LogP contribution in [0.2, 0.25) is 0 Å². The van der Waals surface area contributed by atoms with Crippen molar-refractivity contribution in [2.75, 3.05) is 6.61 Å². The molecule has 0 aliphatic carbocycles. The molecule has 0 radical (unpaired) electrons. The van der Waals surface area contributed by atoms with Gasteiger partial charge >= 0.3 is 0 Å². The average molecular weight is 206 g/mol. The van der Waals surface area contributed by atoms with Crippen molar-refractivity contribution in [3.8, 4) is 0 Å². The lowest BCUT2D eigenvalue weighted by molar-refractivity contribution is 0.189. The fourth-order valence-electron chi connectivity index (χ4n) is 1.81. The molecule has 0 aliphatic heterocycles. The Morgan fingerprint density at radius 3 is 2.40 bits per heavy atom. The average Bonchev–Trinajstić information content (AvgIpc) is 2.18. The fourth-order valence-corrected chi connectivity index (χ4v) is 1.81. The Labute approximate surface area is 93.1 Å². The van der Waals surface area contributed by atoms with E-state index in [0.717, 1.165) is 6.42 Å². The van der Waals surface area contributed by atoms with Crippen LogP contribution in [0.3, 0.4) is 0 Å². The van der Waals surface area contributed by atoms with Crippen LogP contribution < -0.4 is 0 Å². The number of hydrogen-bond acceptors (Lipinski definition) is 1. The second-order valence-electron chi connectivity index (χ2n) is 4.82. The molecule has 15 heavy (non-hydrogen) atoms. The third kappa shape index (κ3) is 3.35. The van der Waals surface area contributed by atoms with Gasteiger partial charge in [-0.25, -0.2) is 0 Å². The van der Waals surface area contributed by atoms with Gasteiger partial charge in [-0.1, -0.05) is 37.6 Å². The number of rotatable bonds is 4. The summed E-state index contributed by atoms with van der Waals surface area (Å²) in [5.41, 5.74) is 4.01. The number of aliphatic hydroxyl groups is 1. The molecule has 1 aromatic rings. The molecule has 1 N–H and O–H groups in total. The Hall–Kier alpha value is -0.820. The van der Waals surface area contributed by atoms with Crippen LogP contribution in [0.25, 0.3) is 0 Å². The molecule has 1 aromatic carbocycles. The van der Waals surface area contributed by atoms with E-state index in [1.807, 2.05) is 0 Å². The molecule has 0 fully saturated rings. The Morgan fingerprint density at radius 1 is 1.20 bits per heavy atom. The molecule has 0 aliphatic rings. The number of aliphatic hydroxyl groups excluding tert-OH is 1. The molecule has 1 heteroatoms. The predicted molar refractivity (Wildman–Crippen MR) is 65.0 cm³/mol.